The predicted octanol–water partition coefficient (Wildman–Crippen LogP) is 2.25. The molecule has 2 atom stereocenters. The molecule has 1 heterocycles. The lowest BCUT2D eigenvalue weighted by atomic mass is 9.94. The first kappa shape index (κ1) is 12.9. The minimum Gasteiger partial charge on any atom is -0.350 e. The van der Waals surface area contributed by atoms with Gasteiger partial charge in [0.1, 0.15) is 6.04 Å². The zero-order valence-electron chi connectivity index (χ0n) is 11.4. The fourth-order valence-corrected chi connectivity index (χ4v) is 2.60. The van der Waals surface area contributed by atoms with E-state index in [2.05, 4.69) is 34.9 Å². The van der Waals surface area contributed by atoms with E-state index in [1.807, 2.05) is 43.3 Å². The second kappa shape index (κ2) is 5.47. The highest BCUT2D eigenvalue weighted by Crippen LogP contribution is 2.24. The number of carbonyl (C=O) groups is 1. The third-order valence-corrected chi connectivity index (χ3v) is 3.76. The van der Waals surface area contributed by atoms with E-state index in [0.29, 0.717) is 0 Å². The molecule has 1 amide bonds. The second-order valence-electron chi connectivity index (χ2n) is 5.20. The summed E-state index contributed by atoms with van der Waals surface area (Å²) in [7, 11) is 0. The van der Waals surface area contributed by atoms with Gasteiger partial charge in [0.25, 0.3) is 0 Å². The summed E-state index contributed by atoms with van der Waals surface area (Å²) < 4.78 is 0. The zero-order valence-corrected chi connectivity index (χ0v) is 11.4. The number of carbonyl (C=O) groups excluding carboxylic acids is 1. The molecule has 1 aliphatic heterocycles. The smallest absolute Gasteiger partial charge is 0.239 e. The molecule has 20 heavy (non-hydrogen) atoms. The van der Waals surface area contributed by atoms with E-state index in [1.165, 1.54) is 11.1 Å². The van der Waals surface area contributed by atoms with Gasteiger partial charge in [-0.15, -0.1) is 0 Å². The van der Waals surface area contributed by atoms with Crippen molar-refractivity contribution in [1.29, 1.82) is 0 Å². The summed E-state index contributed by atoms with van der Waals surface area (Å²) in [5.74, 6) is 0.0781. The molecule has 0 bridgehead atoms. The van der Waals surface area contributed by atoms with Crippen molar-refractivity contribution in [3.63, 3.8) is 0 Å². The number of amides is 1. The van der Waals surface area contributed by atoms with Crippen LogP contribution in [0.4, 0.5) is 0 Å². The SMILES string of the molecule is C[C@@H]1NC(=O)[C@@H]1NC(c1ccccc1)c1ccccc1. The normalized spacial score (nSPS) is 21.4. The van der Waals surface area contributed by atoms with Crippen molar-refractivity contribution in [2.24, 2.45) is 0 Å². The molecular formula is C17H18N2O. The Morgan fingerprint density at radius 1 is 0.950 bits per heavy atom. The van der Waals surface area contributed by atoms with Gasteiger partial charge in [-0.05, 0) is 18.1 Å². The molecule has 2 aromatic carbocycles. The molecule has 2 aromatic rings. The third kappa shape index (κ3) is 2.45. The first-order valence-corrected chi connectivity index (χ1v) is 6.92. The Morgan fingerprint density at radius 2 is 1.45 bits per heavy atom. The number of hydrogen-bond acceptors (Lipinski definition) is 2. The highest BCUT2D eigenvalue weighted by Gasteiger charge is 2.37. The summed E-state index contributed by atoms with van der Waals surface area (Å²) in [6.07, 6.45) is 0. The quantitative estimate of drug-likeness (QED) is 0.833. The van der Waals surface area contributed by atoms with E-state index >= 15 is 0 Å². The van der Waals surface area contributed by atoms with E-state index in [-0.39, 0.29) is 24.0 Å². The molecule has 3 heteroatoms. The monoisotopic (exact) mass is 266 g/mol. The van der Waals surface area contributed by atoms with Gasteiger partial charge in [0.2, 0.25) is 5.91 Å². The van der Waals surface area contributed by atoms with Gasteiger partial charge in [-0.3, -0.25) is 10.1 Å². The van der Waals surface area contributed by atoms with Gasteiger partial charge in [-0.1, -0.05) is 60.7 Å². The van der Waals surface area contributed by atoms with Crippen LogP contribution in [-0.2, 0) is 4.79 Å². The Kier molecular flexibility index (Phi) is 3.52. The molecule has 1 saturated heterocycles. The van der Waals surface area contributed by atoms with Crippen LogP contribution in [0.2, 0.25) is 0 Å². The van der Waals surface area contributed by atoms with E-state index in [1.54, 1.807) is 0 Å². The summed E-state index contributed by atoms with van der Waals surface area (Å²) in [5.41, 5.74) is 2.34. The molecule has 3 nitrogen and oxygen atoms in total. The van der Waals surface area contributed by atoms with Gasteiger partial charge in [-0.2, -0.15) is 0 Å². The summed E-state index contributed by atoms with van der Waals surface area (Å²) >= 11 is 0. The van der Waals surface area contributed by atoms with Crippen molar-refractivity contribution in [2.45, 2.75) is 25.0 Å². The highest BCUT2D eigenvalue weighted by molar-refractivity contribution is 5.89. The lowest BCUT2D eigenvalue weighted by molar-refractivity contribution is -0.131. The van der Waals surface area contributed by atoms with Crippen LogP contribution in [0.3, 0.4) is 0 Å². The summed E-state index contributed by atoms with van der Waals surface area (Å²) in [5, 5.41) is 6.34. The van der Waals surface area contributed by atoms with Crippen molar-refractivity contribution in [3.05, 3.63) is 71.8 Å². The number of rotatable bonds is 4. The number of β-lactam (4-membered cyclic amide) rings is 1. The molecular weight excluding hydrogens is 248 g/mol. The van der Waals surface area contributed by atoms with Crippen LogP contribution in [0.15, 0.2) is 60.7 Å². The second-order valence-corrected chi connectivity index (χ2v) is 5.20. The van der Waals surface area contributed by atoms with E-state index in [0.717, 1.165) is 0 Å². The van der Waals surface area contributed by atoms with Gasteiger partial charge >= 0.3 is 0 Å². The maximum atomic E-state index is 11.7. The first-order valence-electron chi connectivity index (χ1n) is 6.92. The maximum Gasteiger partial charge on any atom is 0.239 e. The zero-order chi connectivity index (χ0) is 13.9. The molecule has 0 unspecified atom stereocenters. The average molecular weight is 266 g/mol. The van der Waals surface area contributed by atoms with Crippen LogP contribution in [0.5, 0.6) is 0 Å². The van der Waals surface area contributed by atoms with Gasteiger partial charge in [0.05, 0.1) is 12.1 Å². The minimum atomic E-state index is -0.125. The standard InChI is InChI=1S/C17H18N2O/c1-12-15(17(20)18-12)19-16(13-8-4-2-5-9-13)14-10-6-3-7-11-14/h2-12,15-16,19H,1H3,(H,18,20)/t12-,15+/m0/s1. The van der Waals surface area contributed by atoms with Crippen LogP contribution < -0.4 is 10.6 Å². The fraction of sp³-hybridized carbons (Fsp3) is 0.235. The molecule has 1 fully saturated rings. The van der Waals surface area contributed by atoms with Crippen molar-refractivity contribution < 1.29 is 4.79 Å². The maximum absolute atomic E-state index is 11.7. The largest absolute Gasteiger partial charge is 0.350 e. The molecule has 0 radical (unpaired) electrons. The molecule has 0 spiro atoms. The van der Waals surface area contributed by atoms with Crippen LogP contribution in [-0.4, -0.2) is 18.0 Å². The average Bonchev–Trinajstić information content (AvgIpc) is 2.50. The lowest BCUT2D eigenvalue weighted by Crippen LogP contribution is -2.67. The van der Waals surface area contributed by atoms with E-state index in [4.69, 9.17) is 0 Å². The third-order valence-electron chi connectivity index (χ3n) is 3.76. The van der Waals surface area contributed by atoms with Crippen molar-refractivity contribution in [2.75, 3.05) is 0 Å². The Morgan fingerprint density at radius 3 is 1.85 bits per heavy atom. The van der Waals surface area contributed by atoms with Crippen LogP contribution in [0, 0.1) is 0 Å². The molecule has 0 saturated carbocycles. The van der Waals surface area contributed by atoms with Gasteiger partial charge in [0, 0.05) is 0 Å². The number of hydrogen-bond donors (Lipinski definition) is 2. The minimum absolute atomic E-state index is 0.0379. The molecule has 3 rings (SSSR count). The Hall–Kier alpha value is -2.13. The lowest BCUT2D eigenvalue weighted by Gasteiger charge is -2.37. The Bertz CT molecular complexity index is 543. The summed E-state index contributed by atoms with van der Waals surface area (Å²) in [6.45, 7) is 2.02. The topological polar surface area (TPSA) is 41.1 Å². The summed E-state index contributed by atoms with van der Waals surface area (Å²) in [6, 6.07) is 20.6. The first-order chi connectivity index (χ1) is 9.75. The molecule has 1 aliphatic rings. The van der Waals surface area contributed by atoms with Gasteiger partial charge in [0.15, 0.2) is 0 Å². The van der Waals surface area contributed by atoms with Crippen molar-refractivity contribution >= 4 is 5.91 Å². The van der Waals surface area contributed by atoms with E-state index < -0.39 is 0 Å². The Labute approximate surface area is 119 Å². The molecule has 0 aliphatic carbocycles. The fourth-order valence-electron chi connectivity index (χ4n) is 2.60. The molecule has 0 aromatic heterocycles. The highest BCUT2D eigenvalue weighted by atomic mass is 16.2. The van der Waals surface area contributed by atoms with Crippen LogP contribution >= 0.6 is 0 Å². The number of nitrogens with one attached hydrogen (secondary N) is 2. The van der Waals surface area contributed by atoms with Crippen LogP contribution in [0.1, 0.15) is 24.1 Å². The van der Waals surface area contributed by atoms with Crippen molar-refractivity contribution in [3.8, 4) is 0 Å². The Balaban J connectivity index is 1.90. The molecule has 102 valence electrons. The van der Waals surface area contributed by atoms with Gasteiger partial charge in [-0.25, -0.2) is 0 Å². The number of benzene rings is 2. The van der Waals surface area contributed by atoms with E-state index in [9.17, 15) is 4.79 Å². The van der Waals surface area contributed by atoms with Crippen LogP contribution in [0.25, 0.3) is 0 Å². The van der Waals surface area contributed by atoms with Gasteiger partial charge < -0.3 is 5.32 Å². The summed E-state index contributed by atoms with van der Waals surface area (Å²) in [4.78, 5) is 11.7. The predicted molar refractivity (Wildman–Crippen MR) is 79.3 cm³/mol. The van der Waals surface area contributed by atoms with Crippen molar-refractivity contribution in [1.82, 2.24) is 10.6 Å². The molecule has 2 N–H and O–H groups in total.